The molecule has 0 bridgehead atoms. The minimum absolute atomic E-state index is 0.0871. The fraction of sp³-hybridized carbons (Fsp3) is 0.500. The molecule has 1 aromatic heterocycles. The fourth-order valence-corrected chi connectivity index (χ4v) is 1.75. The van der Waals surface area contributed by atoms with Crippen molar-refractivity contribution in [1.82, 2.24) is 9.88 Å². The average molecular weight is 219 g/mol. The van der Waals surface area contributed by atoms with Gasteiger partial charge in [-0.25, -0.2) is 0 Å². The maximum atomic E-state index is 12.2. The van der Waals surface area contributed by atoms with Gasteiger partial charge < -0.3 is 10.6 Å². The molecule has 1 aromatic rings. The van der Waals surface area contributed by atoms with Crippen molar-refractivity contribution in [3.63, 3.8) is 0 Å². The fourth-order valence-electron chi connectivity index (χ4n) is 1.75. The largest absolute Gasteiger partial charge is 0.336 e. The van der Waals surface area contributed by atoms with Gasteiger partial charge in [-0.3, -0.25) is 9.78 Å². The lowest BCUT2D eigenvalue weighted by Crippen LogP contribution is -2.34. The highest BCUT2D eigenvalue weighted by molar-refractivity contribution is 5.94. The zero-order chi connectivity index (χ0) is 11.4. The van der Waals surface area contributed by atoms with Gasteiger partial charge in [-0.15, -0.1) is 0 Å². The van der Waals surface area contributed by atoms with Gasteiger partial charge in [0, 0.05) is 25.0 Å². The number of aromatic nitrogens is 1. The number of rotatable bonds is 5. The van der Waals surface area contributed by atoms with Gasteiger partial charge in [-0.1, -0.05) is 0 Å². The summed E-state index contributed by atoms with van der Waals surface area (Å²) in [7, 11) is 0. The predicted octanol–water partition coefficient (Wildman–Crippen LogP) is 1.03. The van der Waals surface area contributed by atoms with Crippen molar-refractivity contribution < 1.29 is 4.79 Å². The summed E-state index contributed by atoms with van der Waals surface area (Å²) >= 11 is 0. The molecule has 1 heterocycles. The number of carbonyl (C=O) groups excluding carboxylic acids is 1. The highest BCUT2D eigenvalue weighted by Crippen LogP contribution is 2.28. The van der Waals surface area contributed by atoms with E-state index < -0.39 is 0 Å². The minimum Gasteiger partial charge on any atom is -0.336 e. The Morgan fingerprint density at radius 2 is 2.38 bits per heavy atom. The smallest absolute Gasteiger partial charge is 0.255 e. The lowest BCUT2D eigenvalue weighted by atomic mass is 10.2. The van der Waals surface area contributed by atoms with Crippen LogP contribution < -0.4 is 5.73 Å². The predicted molar refractivity (Wildman–Crippen MR) is 62.0 cm³/mol. The van der Waals surface area contributed by atoms with Crippen molar-refractivity contribution in [3.05, 3.63) is 30.1 Å². The number of hydrogen-bond acceptors (Lipinski definition) is 3. The van der Waals surface area contributed by atoms with Crippen LogP contribution in [-0.4, -0.2) is 34.9 Å². The van der Waals surface area contributed by atoms with Gasteiger partial charge in [0.15, 0.2) is 0 Å². The number of carbonyl (C=O) groups is 1. The molecule has 16 heavy (non-hydrogen) atoms. The lowest BCUT2D eigenvalue weighted by molar-refractivity contribution is 0.0742. The summed E-state index contributed by atoms with van der Waals surface area (Å²) in [5, 5.41) is 0. The molecule has 1 aliphatic carbocycles. The van der Waals surface area contributed by atoms with Crippen LogP contribution in [0.3, 0.4) is 0 Å². The van der Waals surface area contributed by atoms with Gasteiger partial charge in [0.25, 0.3) is 5.91 Å². The van der Waals surface area contributed by atoms with E-state index in [1.807, 2.05) is 11.0 Å². The Morgan fingerprint density at radius 1 is 1.56 bits per heavy atom. The van der Waals surface area contributed by atoms with Gasteiger partial charge >= 0.3 is 0 Å². The maximum absolute atomic E-state index is 12.2. The van der Waals surface area contributed by atoms with E-state index in [-0.39, 0.29) is 5.91 Å². The first-order valence-electron chi connectivity index (χ1n) is 5.74. The summed E-state index contributed by atoms with van der Waals surface area (Å²) in [6.07, 6.45) is 6.41. The van der Waals surface area contributed by atoms with Crippen LogP contribution in [0.5, 0.6) is 0 Å². The standard InChI is InChI=1S/C12H17N3O/c13-6-2-8-15(11-4-5-11)12(16)10-3-1-7-14-9-10/h1,3,7,9,11H,2,4-6,8,13H2. The van der Waals surface area contributed by atoms with E-state index in [0.717, 1.165) is 25.8 Å². The number of nitrogens with zero attached hydrogens (tertiary/aromatic N) is 2. The summed E-state index contributed by atoms with van der Waals surface area (Å²) in [5.41, 5.74) is 6.16. The number of nitrogens with two attached hydrogens (primary N) is 1. The van der Waals surface area contributed by atoms with Crippen LogP contribution in [0, 0.1) is 0 Å². The zero-order valence-corrected chi connectivity index (χ0v) is 9.30. The third-order valence-corrected chi connectivity index (χ3v) is 2.76. The van der Waals surface area contributed by atoms with Crippen LogP contribution in [0.25, 0.3) is 0 Å². The second kappa shape index (κ2) is 5.07. The normalized spacial score (nSPS) is 14.8. The molecule has 1 aliphatic rings. The molecule has 2 N–H and O–H groups in total. The Labute approximate surface area is 95.5 Å². The first kappa shape index (κ1) is 11.1. The van der Waals surface area contributed by atoms with Crippen LogP contribution in [-0.2, 0) is 0 Å². The SMILES string of the molecule is NCCCN(C(=O)c1cccnc1)C1CC1. The third-order valence-electron chi connectivity index (χ3n) is 2.76. The Morgan fingerprint density at radius 3 is 2.94 bits per heavy atom. The van der Waals surface area contributed by atoms with Gasteiger partial charge in [-0.05, 0) is 37.9 Å². The highest BCUT2D eigenvalue weighted by atomic mass is 16.2. The van der Waals surface area contributed by atoms with Gasteiger partial charge in [0.1, 0.15) is 0 Å². The van der Waals surface area contributed by atoms with E-state index in [2.05, 4.69) is 4.98 Å². The summed E-state index contributed by atoms with van der Waals surface area (Å²) in [4.78, 5) is 18.1. The van der Waals surface area contributed by atoms with Crippen LogP contribution in [0.2, 0.25) is 0 Å². The van der Waals surface area contributed by atoms with E-state index in [4.69, 9.17) is 5.73 Å². The maximum Gasteiger partial charge on any atom is 0.255 e. The average Bonchev–Trinajstić information content (AvgIpc) is 3.15. The topological polar surface area (TPSA) is 59.2 Å². The summed E-state index contributed by atoms with van der Waals surface area (Å²) in [6, 6.07) is 4.04. The van der Waals surface area contributed by atoms with Gasteiger partial charge in [0.05, 0.1) is 5.56 Å². The number of amides is 1. The van der Waals surface area contributed by atoms with Crippen molar-refractivity contribution >= 4 is 5.91 Å². The molecule has 4 heteroatoms. The molecule has 0 atom stereocenters. The highest BCUT2D eigenvalue weighted by Gasteiger charge is 2.32. The zero-order valence-electron chi connectivity index (χ0n) is 9.30. The van der Waals surface area contributed by atoms with Gasteiger partial charge in [-0.2, -0.15) is 0 Å². The molecule has 1 fully saturated rings. The summed E-state index contributed by atoms with van der Waals surface area (Å²) in [6.45, 7) is 1.39. The van der Waals surface area contributed by atoms with Crippen molar-refractivity contribution in [2.24, 2.45) is 5.73 Å². The third kappa shape index (κ3) is 2.58. The molecule has 1 amide bonds. The first-order chi connectivity index (χ1) is 7.83. The molecule has 4 nitrogen and oxygen atoms in total. The molecule has 0 aromatic carbocycles. The van der Waals surface area contributed by atoms with Crippen molar-refractivity contribution in [2.45, 2.75) is 25.3 Å². The minimum atomic E-state index is 0.0871. The molecule has 0 saturated heterocycles. The molecule has 0 aliphatic heterocycles. The Balaban J connectivity index is 2.05. The van der Waals surface area contributed by atoms with Crippen molar-refractivity contribution in [3.8, 4) is 0 Å². The quantitative estimate of drug-likeness (QED) is 0.804. The molecule has 0 radical (unpaired) electrons. The molecule has 0 spiro atoms. The van der Waals surface area contributed by atoms with E-state index in [1.165, 1.54) is 0 Å². The summed E-state index contributed by atoms with van der Waals surface area (Å²) < 4.78 is 0. The van der Waals surface area contributed by atoms with E-state index in [0.29, 0.717) is 18.2 Å². The number of pyridine rings is 1. The molecule has 86 valence electrons. The Kier molecular flexibility index (Phi) is 3.51. The molecule has 2 rings (SSSR count). The van der Waals surface area contributed by atoms with Crippen molar-refractivity contribution in [2.75, 3.05) is 13.1 Å². The lowest BCUT2D eigenvalue weighted by Gasteiger charge is -2.21. The molecule has 0 unspecified atom stereocenters. The second-order valence-corrected chi connectivity index (χ2v) is 4.11. The molecule has 1 saturated carbocycles. The van der Waals surface area contributed by atoms with Gasteiger partial charge in [0.2, 0.25) is 0 Å². The first-order valence-corrected chi connectivity index (χ1v) is 5.74. The van der Waals surface area contributed by atoms with E-state index in [1.54, 1.807) is 18.5 Å². The monoisotopic (exact) mass is 219 g/mol. The second-order valence-electron chi connectivity index (χ2n) is 4.11. The summed E-state index contributed by atoms with van der Waals surface area (Å²) in [5.74, 6) is 0.0871. The van der Waals surface area contributed by atoms with Crippen LogP contribution in [0.1, 0.15) is 29.6 Å². The molecular formula is C12H17N3O. The Hall–Kier alpha value is -1.42. The van der Waals surface area contributed by atoms with E-state index >= 15 is 0 Å². The Bertz CT molecular complexity index is 349. The van der Waals surface area contributed by atoms with Crippen LogP contribution >= 0.6 is 0 Å². The van der Waals surface area contributed by atoms with Crippen LogP contribution in [0.15, 0.2) is 24.5 Å². The van der Waals surface area contributed by atoms with Crippen molar-refractivity contribution in [1.29, 1.82) is 0 Å². The van der Waals surface area contributed by atoms with E-state index in [9.17, 15) is 4.79 Å². The van der Waals surface area contributed by atoms with Crippen LogP contribution in [0.4, 0.5) is 0 Å². The molecular weight excluding hydrogens is 202 g/mol. The number of hydrogen-bond donors (Lipinski definition) is 1.